The van der Waals surface area contributed by atoms with Gasteiger partial charge in [0.2, 0.25) is 5.91 Å². The molecule has 3 saturated carbocycles. The Bertz CT molecular complexity index is 775. The number of amides is 1. The van der Waals surface area contributed by atoms with Gasteiger partial charge in [0, 0.05) is 13.3 Å². The van der Waals surface area contributed by atoms with Crippen LogP contribution in [0.1, 0.15) is 72.6 Å². The molecule has 0 aromatic heterocycles. The van der Waals surface area contributed by atoms with Gasteiger partial charge >= 0.3 is 5.97 Å². The van der Waals surface area contributed by atoms with Crippen molar-refractivity contribution in [2.24, 2.45) is 46.3 Å². The van der Waals surface area contributed by atoms with Gasteiger partial charge in [0.1, 0.15) is 6.61 Å². The summed E-state index contributed by atoms with van der Waals surface area (Å²) in [6, 6.07) is 0. The number of fused-ring (bicyclic) bond motifs is 5. The van der Waals surface area contributed by atoms with Crippen molar-refractivity contribution in [3.8, 4) is 0 Å². The predicted octanol–water partition coefficient (Wildman–Crippen LogP) is 4.31. The monoisotopic (exact) mass is 429 g/mol. The maximum Gasteiger partial charge on any atom is 0.309 e. The molecule has 4 aliphatic rings. The fourth-order valence-electron chi connectivity index (χ4n) is 8.17. The second kappa shape index (κ2) is 8.37. The van der Waals surface area contributed by atoms with Crippen LogP contribution in [0.2, 0.25) is 0 Å². The Morgan fingerprint density at radius 2 is 1.94 bits per heavy atom. The van der Waals surface area contributed by atoms with Gasteiger partial charge in [-0.25, -0.2) is 0 Å². The second-order valence-electron chi connectivity index (χ2n) is 11.2. The van der Waals surface area contributed by atoms with E-state index in [1.54, 1.807) is 0 Å². The van der Waals surface area contributed by atoms with Gasteiger partial charge in [-0.05, 0) is 85.0 Å². The van der Waals surface area contributed by atoms with Crippen molar-refractivity contribution >= 4 is 17.7 Å². The van der Waals surface area contributed by atoms with E-state index in [2.05, 4.69) is 25.2 Å². The number of carbonyl (C=O) groups is 3. The topological polar surface area (TPSA) is 72.5 Å². The Morgan fingerprint density at radius 1 is 1.16 bits per heavy atom. The van der Waals surface area contributed by atoms with Gasteiger partial charge in [0.05, 0.1) is 12.5 Å². The fourth-order valence-corrected chi connectivity index (χ4v) is 8.17. The minimum Gasteiger partial charge on any atom is -0.464 e. The number of allylic oxidation sites excluding steroid dienone is 2. The third-order valence-corrected chi connectivity index (χ3v) is 9.81. The summed E-state index contributed by atoms with van der Waals surface area (Å²) in [4.78, 5) is 35.8. The average Bonchev–Trinajstić information content (AvgIpc) is 3.08. The number of carbonyl (C=O) groups excluding carboxylic acids is 3. The summed E-state index contributed by atoms with van der Waals surface area (Å²) in [5.41, 5.74) is 0.346. The lowest BCUT2D eigenvalue weighted by molar-refractivity contribution is -0.153. The van der Waals surface area contributed by atoms with E-state index in [4.69, 9.17) is 4.74 Å². The lowest BCUT2D eigenvalue weighted by Gasteiger charge is -2.59. The summed E-state index contributed by atoms with van der Waals surface area (Å²) >= 11 is 0. The molecule has 0 unspecified atom stereocenters. The molecule has 31 heavy (non-hydrogen) atoms. The number of ether oxygens (including phenoxy) is 1. The molecular weight excluding hydrogens is 390 g/mol. The van der Waals surface area contributed by atoms with Gasteiger partial charge < -0.3 is 10.1 Å². The summed E-state index contributed by atoms with van der Waals surface area (Å²) < 4.78 is 5.50. The molecule has 0 aliphatic heterocycles. The standard InChI is InChI=1S/C26H39NO4/c1-16(24(30)31-14-13-27-17(2)28)21-7-8-22-20-6-5-18-15-19(29)9-11-25(18,3)23(20)10-12-26(21,22)4/h9,11,16,18,20-23H,5-8,10,12-15H2,1-4H3,(H,27,28)/t16-,18-,20-,21+,22-,23-,25-,26+/m0/s1. The van der Waals surface area contributed by atoms with Crippen molar-refractivity contribution in [1.82, 2.24) is 5.32 Å². The largest absolute Gasteiger partial charge is 0.464 e. The van der Waals surface area contributed by atoms with Crippen molar-refractivity contribution in [2.75, 3.05) is 13.2 Å². The molecule has 1 N–H and O–H groups in total. The first-order valence-electron chi connectivity index (χ1n) is 12.3. The average molecular weight is 430 g/mol. The number of nitrogens with one attached hydrogen (secondary N) is 1. The van der Waals surface area contributed by atoms with Crippen LogP contribution in [0.25, 0.3) is 0 Å². The third-order valence-electron chi connectivity index (χ3n) is 9.81. The summed E-state index contributed by atoms with van der Waals surface area (Å²) in [7, 11) is 0. The number of hydrogen-bond donors (Lipinski definition) is 1. The molecule has 0 spiro atoms. The van der Waals surface area contributed by atoms with Crippen molar-refractivity contribution in [1.29, 1.82) is 0 Å². The van der Waals surface area contributed by atoms with Crippen LogP contribution in [-0.2, 0) is 19.1 Å². The molecule has 0 aromatic rings. The lowest BCUT2D eigenvalue weighted by Crippen LogP contribution is -2.53. The Morgan fingerprint density at radius 3 is 2.68 bits per heavy atom. The lowest BCUT2D eigenvalue weighted by atomic mass is 9.45. The Kier molecular flexibility index (Phi) is 6.08. The molecule has 3 fully saturated rings. The molecular formula is C26H39NO4. The first-order chi connectivity index (χ1) is 14.7. The van der Waals surface area contributed by atoms with E-state index in [1.165, 1.54) is 26.2 Å². The zero-order valence-corrected chi connectivity index (χ0v) is 19.6. The molecule has 0 aromatic carbocycles. The number of hydrogen-bond acceptors (Lipinski definition) is 4. The summed E-state index contributed by atoms with van der Waals surface area (Å²) in [6.45, 7) is 8.96. The van der Waals surface area contributed by atoms with E-state index in [1.807, 2.05) is 13.0 Å². The van der Waals surface area contributed by atoms with Crippen LogP contribution in [0.15, 0.2) is 12.2 Å². The van der Waals surface area contributed by atoms with Gasteiger partial charge in [-0.2, -0.15) is 0 Å². The third kappa shape index (κ3) is 3.87. The highest BCUT2D eigenvalue weighted by Crippen LogP contribution is 2.67. The molecule has 0 saturated heterocycles. The maximum atomic E-state index is 12.8. The smallest absolute Gasteiger partial charge is 0.309 e. The van der Waals surface area contributed by atoms with E-state index >= 15 is 0 Å². The Hall–Kier alpha value is -1.65. The number of ketones is 1. The molecule has 5 nitrogen and oxygen atoms in total. The van der Waals surface area contributed by atoms with Crippen molar-refractivity contribution in [3.05, 3.63) is 12.2 Å². The molecule has 8 atom stereocenters. The molecule has 1 amide bonds. The Labute approximate surface area is 186 Å². The normalized spacial score (nSPS) is 42.2. The van der Waals surface area contributed by atoms with Gasteiger partial charge in [0.25, 0.3) is 0 Å². The van der Waals surface area contributed by atoms with Gasteiger partial charge in [-0.15, -0.1) is 0 Å². The number of rotatable bonds is 5. The summed E-state index contributed by atoms with van der Waals surface area (Å²) in [6.07, 6.45) is 11.9. The minimum absolute atomic E-state index is 0.104. The van der Waals surface area contributed by atoms with E-state index in [0.29, 0.717) is 41.9 Å². The zero-order valence-electron chi connectivity index (χ0n) is 19.6. The molecule has 4 aliphatic carbocycles. The minimum atomic E-state index is -0.122. The van der Waals surface area contributed by atoms with Crippen LogP contribution >= 0.6 is 0 Å². The first-order valence-corrected chi connectivity index (χ1v) is 12.3. The first kappa shape index (κ1) is 22.5. The van der Waals surface area contributed by atoms with Gasteiger partial charge in [-0.3, -0.25) is 14.4 Å². The van der Waals surface area contributed by atoms with Crippen LogP contribution in [0.4, 0.5) is 0 Å². The van der Waals surface area contributed by atoms with Crippen LogP contribution in [0.5, 0.6) is 0 Å². The summed E-state index contributed by atoms with van der Waals surface area (Å²) in [5, 5.41) is 2.68. The predicted molar refractivity (Wildman–Crippen MR) is 119 cm³/mol. The highest BCUT2D eigenvalue weighted by molar-refractivity contribution is 5.91. The van der Waals surface area contributed by atoms with Crippen molar-refractivity contribution in [3.63, 3.8) is 0 Å². The molecule has 0 radical (unpaired) electrons. The van der Waals surface area contributed by atoms with Crippen molar-refractivity contribution in [2.45, 2.75) is 72.6 Å². The van der Waals surface area contributed by atoms with Crippen LogP contribution in [0, 0.1) is 46.3 Å². The molecule has 0 bridgehead atoms. The highest BCUT2D eigenvalue weighted by Gasteiger charge is 2.60. The van der Waals surface area contributed by atoms with Crippen LogP contribution in [0.3, 0.4) is 0 Å². The molecule has 172 valence electrons. The summed E-state index contributed by atoms with van der Waals surface area (Å²) in [5.74, 6) is 2.85. The zero-order chi connectivity index (χ0) is 22.4. The van der Waals surface area contributed by atoms with E-state index < -0.39 is 0 Å². The quantitative estimate of drug-likeness (QED) is 0.522. The van der Waals surface area contributed by atoms with Crippen molar-refractivity contribution < 1.29 is 19.1 Å². The van der Waals surface area contributed by atoms with E-state index in [0.717, 1.165) is 25.7 Å². The number of esters is 1. The second-order valence-corrected chi connectivity index (χ2v) is 11.2. The Balaban J connectivity index is 1.44. The highest BCUT2D eigenvalue weighted by atomic mass is 16.5. The molecule has 5 heteroatoms. The van der Waals surface area contributed by atoms with Gasteiger partial charge in [0.15, 0.2) is 5.78 Å². The SMILES string of the molecule is CC(=O)NCCOC(=O)[C@@H](C)[C@H]1CC[C@H]2[C@@H]3CC[C@H]4CC(=O)C=C[C@]4(C)[C@H]3CC[C@]12C. The maximum absolute atomic E-state index is 12.8. The fraction of sp³-hybridized carbons (Fsp3) is 0.808. The van der Waals surface area contributed by atoms with E-state index in [-0.39, 0.29) is 35.2 Å². The molecule has 0 heterocycles. The van der Waals surface area contributed by atoms with E-state index in [9.17, 15) is 14.4 Å². The molecule has 4 rings (SSSR count). The van der Waals surface area contributed by atoms with Crippen LogP contribution in [-0.4, -0.2) is 30.8 Å². The van der Waals surface area contributed by atoms with Crippen LogP contribution < -0.4 is 5.32 Å². The van der Waals surface area contributed by atoms with Gasteiger partial charge in [-0.1, -0.05) is 26.8 Å².